The minimum Gasteiger partial charge on any atom is -0.406 e. The molecule has 0 amide bonds. The molecule has 1 aromatic carbocycles. The predicted molar refractivity (Wildman–Crippen MR) is 72.4 cm³/mol. The van der Waals surface area contributed by atoms with Gasteiger partial charge in [0.15, 0.2) is 0 Å². The molecular weight excluding hydrogens is 265 g/mol. The number of hydrogen-bond acceptors (Lipinski definition) is 1. The van der Waals surface area contributed by atoms with Crippen LogP contribution in [0.5, 0.6) is 5.75 Å². The van der Waals surface area contributed by atoms with Crippen LogP contribution in [0.4, 0.5) is 13.2 Å². The van der Waals surface area contributed by atoms with Crippen molar-refractivity contribution in [1.82, 2.24) is 0 Å². The SMILES string of the molecule is CC1(C)C[CH]CC(C)(c2ccc(OC(F)(F)F)cc2)C1. The molecular formula is C16H20F3O. The molecule has 1 aliphatic rings. The minimum atomic E-state index is -4.63. The molecule has 1 fully saturated rings. The number of ether oxygens (including phenoxy) is 1. The third-order valence-electron chi connectivity index (χ3n) is 3.95. The van der Waals surface area contributed by atoms with Gasteiger partial charge < -0.3 is 4.74 Å². The fourth-order valence-corrected chi connectivity index (χ4v) is 3.26. The van der Waals surface area contributed by atoms with Crippen molar-refractivity contribution in [3.63, 3.8) is 0 Å². The number of halogens is 3. The third-order valence-corrected chi connectivity index (χ3v) is 3.95. The van der Waals surface area contributed by atoms with E-state index in [0.717, 1.165) is 24.8 Å². The molecule has 1 radical (unpaired) electrons. The summed E-state index contributed by atoms with van der Waals surface area (Å²) in [7, 11) is 0. The summed E-state index contributed by atoms with van der Waals surface area (Å²) in [6, 6.07) is 6.29. The second-order valence-corrected chi connectivity index (χ2v) is 6.67. The van der Waals surface area contributed by atoms with Crippen LogP contribution in [0.15, 0.2) is 24.3 Å². The summed E-state index contributed by atoms with van der Waals surface area (Å²) in [5, 5.41) is 0. The lowest BCUT2D eigenvalue weighted by atomic mass is 9.62. The lowest BCUT2D eigenvalue weighted by molar-refractivity contribution is -0.274. The lowest BCUT2D eigenvalue weighted by Gasteiger charge is -2.43. The highest BCUT2D eigenvalue weighted by Crippen LogP contribution is 2.47. The monoisotopic (exact) mass is 285 g/mol. The van der Waals surface area contributed by atoms with Crippen molar-refractivity contribution in [2.75, 3.05) is 0 Å². The zero-order chi connectivity index (χ0) is 15.0. The molecule has 1 aliphatic carbocycles. The fraction of sp³-hybridized carbons (Fsp3) is 0.562. The first-order valence-electron chi connectivity index (χ1n) is 6.78. The Labute approximate surface area is 118 Å². The van der Waals surface area contributed by atoms with Crippen LogP contribution in [0.2, 0.25) is 0 Å². The maximum Gasteiger partial charge on any atom is 0.573 e. The van der Waals surface area contributed by atoms with Crippen molar-refractivity contribution in [2.24, 2.45) is 5.41 Å². The lowest BCUT2D eigenvalue weighted by Crippen LogP contribution is -2.34. The molecule has 1 saturated carbocycles. The predicted octanol–water partition coefficient (Wildman–Crippen LogP) is 5.26. The van der Waals surface area contributed by atoms with E-state index in [4.69, 9.17) is 0 Å². The molecule has 1 aromatic rings. The highest BCUT2D eigenvalue weighted by molar-refractivity contribution is 5.33. The minimum absolute atomic E-state index is 0.0154. The summed E-state index contributed by atoms with van der Waals surface area (Å²) in [6.45, 7) is 6.62. The van der Waals surface area contributed by atoms with Gasteiger partial charge in [0.2, 0.25) is 0 Å². The Balaban J connectivity index is 2.17. The van der Waals surface area contributed by atoms with Gasteiger partial charge in [0.05, 0.1) is 0 Å². The molecule has 0 saturated heterocycles. The largest absolute Gasteiger partial charge is 0.573 e. The molecule has 1 unspecified atom stereocenters. The Hall–Kier alpha value is -1.19. The molecule has 0 N–H and O–H groups in total. The van der Waals surface area contributed by atoms with Gasteiger partial charge in [-0.2, -0.15) is 0 Å². The van der Waals surface area contributed by atoms with Gasteiger partial charge in [0.25, 0.3) is 0 Å². The number of alkyl halides is 3. The summed E-state index contributed by atoms with van der Waals surface area (Å²) < 4.78 is 40.3. The average molecular weight is 285 g/mol. The van der Waals surface area contributed by atoms with Crippen LogP contribution in [0, 0.1) is 11.8 Å². The fourth-order valence-electron chi connectivity index (χ4n) is 3.26. The number of rotatable bonds is 2. The van der Waals surface area contributed by atoms with Crippen LogP contribution >= 0.6 is 0 Å². The van der Waals surface area contributed by atoms with Crippen LogP contribution in [0.25, 0.3) is 0 Å². The molecule has 0 spiro atoms. The van der Waals surface area contributed by atoms with E-state index in [0.29, 0.717) is 0 Å². The summed E-state index contributed by atoms with van der Waals surface area (Å²) in [4.78, 5) is 0. The van der Waals surface area contributed by atoms with Gasteiger partial charge in [-0.1, -0.05) is 32.9 Å². The summed E-state index contributed by atoms with van der Waals surface area (Å²) >= 11 is 0. The third kappa shape index (κ3) is 3.68. The van der Waals surface area contributed by atoms with E-state index in [1.807, 2.05) is 0 Å². The van der Waals surface area contributed by atoms with E-state index in [9.17, 15) is 13.2 Å². The molecule has 0 aliphatic heterocycles. The van der Waals surface area contributed by atoms with Crippen LogP contribution in [-0.2, 0) is 5.41 Å². The number of hydrogen-bond donors (Lipinski definition) is 0. The zero-order valence-corrected chi connectivity index (χ0v) is 12.1. The zero-order valence-electron chi connectivity index (χ0n) is 12.1. The maximum absolute atomic E-state index is 12.1. The standard InChI is InChI=1S/C16H20F3O/c1-14(2)9-4-10-15(3,11-14)12-5-7-13(8-6-12)20-16(17,18)19/h4-8H,9-11H2,1-3H3. The topological polar surface area (TPSA) is 9.23 Å². The molecule has 0 heterocycles. The van der Waals surface area contributed by atoms with Crippen LogP contribution < -0.4 is 4.74 Å². The first kappa shape index (κ1) is 15.2. The highest BCUT2D eigenvalue weighted by Gasteiger charge is 2.38. The molecule has 4 heteroatoms. The summed E-state index contributed by atoms with van der Waals surface area (Å²) in [5.41, 5.74) is 1.28. The number of benzene rings is 1. The maximum atomic E-state index is 12.1. The second-order valence-electron chi connectivity index (χ2n) is 6.67. The van der Waals surface area contributed by atoms with E-state index < -0.39 is 6.36 Å². The van der Waals surface area contributed by atoms with Gasteiger partial charge in [-0.05, 0) is 54.2 Å². The molecule has 20 heavy (non-hydrogen) atoms. The normalized spacial score (nSPS) is 26.3. The Kier molecular flexibility index (Phi) is 3.78. The van der Waals surface area contributed by atoms with Gasteiger partial charge in [0.1, 0.15) is 5.75 Å². The van der Waals surface area contributed by atoms with Crippen LogP contribution in [0.1, 0.15) is 45.6 Å². The Morgan fingerprint density at radius 3 is 2.10 bits per heavy atom. The van der Waals surface area contributed by atoms with E-state index in [2.05, 4.69) is 31.9 Å². The molecule has 0 aromatic heterocycles. The molecule has 111 valence electrons. The first-order chi connectivity index (χ1) is 9.10. The van der Waals surface area contributed by atoms with Crippen molar-refractivity contribution in [2.45, 2.75) is 51.8 Å². The van der Waals surface area contributed by atoms with Crippen molar-refractivity contribution in [3.8, 4) is 5.75 Å². The van der Waals surface area contributed by atoms with Gasteiger partial charge in [-0.15, -0.1) is 13.2 Å². The average Bonchev–Trinajstić information content (AvgIpc) is 2.25. The van der Waals surface area contributed by atoms with Crippen LogP contribution in [-0.4, -0.2) is 6.36 Å². The van der Waals surface area contributed by atoms with E-state index in [1.54, 1.807) is 12.1 Å². The second kappa shape index (κ2) is 4.97. The Morgan fingerprint density at radius 1 is 1.00 bits per heavy atom. The quantitative estimate of drug-likeness (QED) is 0.720. The molecule has 1 nitrogen and oxygen atoms in total. The van der Waals surface area contributed by atoms with Crippen molar-refractivity contribution in [3.05, 3.63) is 36.2 Å². The van der Waals surface area contributed by atoms with Gasteiger partial charge in [-0.3, -0.25) is 0 Å². The van der Waals surface area contributed by atoms with Crippen LogP contribution in [0.3, 0.4) is 0 Å². The van der Waals surface area contributed by atoms with Gasteiger partial charge in [0, 0.05) is 0 Å². The Morgan fingerprint density at radius 2 is 1.60 bits per heavy atom. The molecule has 0 bridgehead atoms. The van der Waals surface area contributed by atoms with Crippen molar-refractivity contribution >= 4 is 0 Å². The Bertz CT molecular complexity index is 462. The summed E-state index contributed by atoms with van der Waals surface area (Å²) in [6.07, 6.45) is 0.708. The highest BCUT2D eigenvalue weighted by atomic mass is 19.4. The van der Waals surface area contributed by atoms with Crippen molar-refractivity contribution < 1.29 is 17.9 Å². The van der Waals surface area contributed by atoms with Gasteiger partial charge in [-0.25, -0.2) is 0 Å². The van der Waals surface area contributed by atoms with E-state index in [-0.39, 0.29) is 16.6 Å². The summed E-state index contributed by atoms with van der Waals surface area (Å²) in [5.74, 6) is -0.163. The first-order valence-corrected chi connectivity index (χ1v) is 6.78. The van der Waals surface area contributed by atoms with Gasteiger partial charge >= 0.3 is 6.36 Å². The van der Waals surface area contributed by atoms with E-state index in [1.165, 1.54) is 12.1 Å². The van der Waals surface area contributed by atoms with Crippen molar-refractivity contribution in [1.29, 1.82) is 0 Å². The molecule has 1 atom stereocenters. The molecule has 2 rings (SSSR count). The van der Waals surface area contributed by atoms with E-state index >= 15 is 0 Å². The smallest absolute Gasteiger partial charge is 0.406 e.